The Kier molecular flexibility index (Phi) is 5.30. The maximum absolute atomic E-state index is 11.8. The smallest absolute Gasteiger partial charge is 0.251 e. The molecule has 0 aromatic heterocycles. The zero-order valence-electron chi connectivity index (χ0n) is 12.3. The van der Waals surface area contributed by atoms with Crippen molar-refractivity contribution in [1.82, 2.24) is 21.5 Å². The van der Waals surface area contributed by atoms with Gasteiger partial charge in [-0.05, 0) is 26.0 Å². The molecule has 2 amide bonds. The Labute approximate surface area is 124 Å². The quantitative estimate of drug-likeness (QED) is 0.617. The van der Waals surface area contributed by atoms with Gasteiger partial charge in [-0.2, -0.15) is 0 Å². The molecule has 0 spiro atoms. The molecule has 1 fully saturated rings. The average Bonchev–Trinajstić information content (AvgIpc) is 2.82. The van der Waals surface area contributed by atoms with Gasteiger partial charge in [-0.1, -0.05) is 18.2 Å². The van der Waals surface area contributed by atoms with Gasteiger partial charge in [0.2, 0.25) is 5.91 Å². The second kappa shape index (κ2) is 7.19. The molecular formula is C15H22N4O2. The number of nitrogens with one attached hydrogen (secondary N) is 4. The topological polar surface area (TPSA) is 82.3 Å². The van der Waals surface area contributed by atoms with E-state index in [4.69, 9.17) is 0 Å². The third-order valence-corrected chi connectivity index (χ3v) is 3.80. The largest absolute Gasteiger partial charge is 0.354 e. The lowest BCUT2D eigenvalue weighted by atomic mass is 9.97. The van der Waals surface area contributed by atoms with Gasteiger partial charge in [0.1, 0.15) is 0 Å². The fraction of sp³-hybridized carbons (Fsp3) is 0.467. The van der Waals surface area contributed by atoms with E-state index in [2.05, 4.69) is 35.3 Å². The van der Waals surface area contributed by atoms with Crippen molar-refractivity contribution in [3.8, 4) is 0 Å². The van der Waals surface area contributed by atoms with E-state index in [1.54, 1.807) is 24.3 Å². The highest BCUT2D eigenvalue weighted by molar-refractivity contribution is 5.96. The van der Waals surface area contributed by atoms with Crippen LogP contribution in [0.2, 0.25) is 0 Å². The third-order valence-electron chi connectivity index (χ3n) is 3.80. The first kappa shape index (κ1) is 15.5. The van der Waals surface area contributed by atoms with Crippen molar-refractivity contribution >= 4 is 11.8 Å². The molecule has 6 nitrogen and oxygen atoms in total. The van der Waals surface area contributed by atoms with Crippen LogP contribution in [-0.2, 0) is 4.79 Å². The summed E-state index contributed by atoms with van der Waals surface area (Å²) in [5.74, 6) is -0.0824. The van der Waals surface area contributed by atoms with Gasteiger partial charge in [-0.15, -0.1) is 0 Å². The molecule has 1 aromatic carbocycles. The van der Waals surface area contributed by atoms with Crippen LogP contribution in [0.15, 0.2) is 30.3 Å². The number of hydrazine groups is 1. The van der Waals surface area contributed by atoms with Gasteiger partial charge in [0.25, 0.3) is 5.91 Å². The summed E-state index contributed by atoms with van der Waals surface area (Å²) >= 11 is 0. The summed E-state index contributed by atoms with van der Waals surface area (Å²) in [7, 11) is 0. The molecule has 1 aliphatic rings. The summed E-state index contributed by atoms with van der Waals surface area (Å²) in [6.45, 7) is 4.72. The van der Waals surface area contributed by atoms with Crippen LogP contribution >= 0.6 is 0 Å². The lowest BCUT2D eigenvalue weighted by Gasteiger charge is -2.18. The van der Waals surface area contributed by atoms with Crippen LogP contribution in [0.25, 0.3) is 0 Å². The molecule has 21 heavy (non-hydrogen) atoms. The highest BCUT2D eigenvalue weighted by atomic mass is 16.2. The summed E-state index contributed by atoms with van der Waals surface area (Å²) in [6, 6.07) is 9.46. The van der Waals surface area contributed by atoms with E-state index in [0.717, 1.165) is 0 Å². The van der Waals surface area contributed by atoms with Crippen LogP contribution in [0.5, 0.6) is 0 Å². The molecule has 0 radical (unpaired) electrons. The van der Waals surface area contributed by atoms with Gasteiger partial charge in [-0.3, -0.25) is 20.4 Å². The molecule has 2 rings (SSSR count). The van der Waals surface area contributed by atoms with Crippen LogP contribution in [-0.4, -0.2) is 37.0 Å². The van der Waals surface area contributed by atoms with Crippen molar-refractivity contribution in [1.29, 1.82) is 0 Å². The predicted molar refractivity (Wildman–Crippen MR) is 80.5 cm³/mol. The fourth-order valence-electron chi connectivity index (χ4n) is 2.41. The molecular weight excluding hydrogens is 268 g/mol. The number of benzene rings is 1. The summed E-state index contributed by atoms with van der Waals surface area (Å²) in [5.41, 5.74) is 6.84. The number of carbonyl (C=O) groups excluding carboxylic acids is 2. The molecule has 1 aromatic rings. The number of hydrogen-bond donors (Lipinski definition) is 4. The first-order chi connectivity index (χ1) is 10.1. The van der Waals surface area contributed by atoms with Crippen LogP contribution < -0.4 is 21.5 Å². The standard InChI is InChI=1S/C15H22N4O2/c1-10-13(11(2)19-18-10)8-16-14(20)9-17-15(21)12-6-4-3-5-7-12/h3-7,10-11,13,18-19H,8-9H2,1-2H3,(H,16,20)(H,17,21). The number of amides is 2. The minimum atomic E-state index is -0.239. The van der Waals surface area contributed by atoms with Gasteiger partial charge in [-0.25, -0.2) is 0 Å². The maximum atomic E-state index is 11.8. The molecule has 0 bridgehead atoms. The van der Waals surface area contributed by atoms with Crippen molar-refractivity contribution in [2.45, 2.75) is 25.9 Å². The molecule has 1 saturated heterocycles. The maximum Gasteiger partial charge on any atom is 0.251 e. The number of carbonyl (C=O) groups is 2. The highest BCUT2D eigenvalue weighted by Crippen LogP contribution is 2.12. The zero-order valence-corrected chi connectivity index (χ0v) is 12.3. The molecule has 0 saturated carbocycles. The molecule has 2 unspecified atom stereocenters. The van der Waals surface area contributed by atoms with E-state index in [0.29, 0.717) is 30.1 Å². The van der Waals surface area contributed by atoms with Crippen molar-refractivity contribution in [2.75, 3.05) is 13.1 Å². The Morgan fingerprint density at radius 3 is 2.29 bits per heavy atom. The van der Waals surface area contributed by atoms with Gasteiger partial charge in [0.15, 0.2) is 0 Å². The van der Waals surface area contributed by atoms with Crippen molar-refractivity contribution in [2.24, 2.45) is 5.92 Å². The Balaban J connectivity index is 1.71. The van der Waals surface area contributed by atoms with E-state index in [9.17, 15) is 9.59 Å². The van der Waals surface area contributed by atoms with Crippen molar-refractivity contribution in [3.05, 3.63) is 35.9 Å². The highest BCUT2D eigenvalue weighted by Gasteiger charge is 2.29. The first-order valence-electron chi connectivity index (χ1n) is 7.19. The second-order valence-electron chi connectivity index (χ2n) is 5.38. The average molecular weight is 290 g/mol. The molecule has 6 heteroatoms. The van der Waals surface area contributed by atoms with Gasteiger partial charge in [0, 0.05) is 30.1 Å². The Bertz CT molecular complexity index is 482. The molecule has 1 heterocycles. The Morgan fingerprint density at radius 2 is 1.67 bits per heavy atom. The summed E-state index contributed by atoms with van der Waals surface area (Å²) in [5, 5.41) is 5.47. The van der Waals surface area contributed by atoms with Gasteiger partial charge in [0.05, 0.1) is 6.54 Å². The lowest BCUT2D eigenvalue weighted by molar-refractivity contribution is -0.120. The molecule has 2 atom stereocenters. The number of rotatable bonds is 5. The van der Waals surface area contributed by atoms with E-state index in [-0.39, 0.29) is 18.4 Å². The normalized spacial score (nSPS) is 24.6. The fourth-order valence-corrected chi connectivity index (χ4v) is 2.41. The molecule has 4 N–H and O–H groups in total. The van der Waals surface area contributed by atoms with E-state index in [1.165, 1.54) is 0 Å². The van der Waals surface area contributed by atoms with E-state index >= 15 is 0 Å². The van der Waals surface area contributed by atoms with Crippen LogP contribution in [0, 0.1) is 5.92 Å². The second-order valence-corrected chi connectivity index (χ2v) is 5.38. The number of hydrogen-bond acceptors (Lipinski definition) is 4. The van der Waals surface area contributed by atoms with Crippen LogP contribution in [0.1, 0.15) is 24.2 Å². The minimum Gasteiger partial charge on any atom is -0.354 e. The van der Waals surface area contributed by atoms with Crippen LogP contribution in [0.3, 0.4) is 0 Å². The van der Waals surface area contributed by atoms with Gasteiger partial charge < -0.3 is 10.6 Å². The van der Waals surface area contributed by atoms with E-state index < -0.39 is 0 Å². The van der Waals surface area contributed by atoms with Gasteiger partial charge >= 0.3 is 0 Å². The van der Waals surface area contributed by atoms with Crippen molar-refractivity contribution in [3.63, 3.8) is 0 Å². The third kappa shape index (κ3) is 4.27. The zero-order chi connectivity index (χ0) is 15.2. The minimum absolute atomic E-state index is 0.00985. The van der Waals surface area contributed by atoms with Crippen LogP contribution in [0.4, 0.5) is 0 Å². The summed E-state index contributed by atoms with van der Waals surface area (Å²) in [6.07, 6.45) is 0. The lowest BCUT2D eigenvalue weighted by Crippen LogP contribution is -2.42. The van der Waals surface area contributed by atoms with Crippen molar-refractivity contribution < 1.29 is 9.59 Å². The monoisotopic (exact) mass is 290 g/mol. The molecule has 1 aliphatic heterocycles. The molecule has 0 aliphatic carbocycles. The first-order valence-corrected chi connectivity index (χ1v) is 7.19. The molecule has 114 valence electrons. The summed E-state index contributed by atoms with van der Waals surface area (Å²) < 4.78 is 0. The predicted octanol–water partition coefficient (Wildman–Crippen LogP) is 0.0336. The Morgan fingerprint density at radius 1 is 1.05 bits per heavy atom. The SMILES string of the molecule is CC1NNC(C)C1CNC(=O)CNC(=O)c1ccccc1. The Hall–Kier alpha value is -1.92. The van der Waals surface area contributed by atoms with E-state index in [1.807, 2.05) is 6.07 Å². The summed E-state index contributed by atoms with van der Waals surface area (Å²) in [4.78, 5) is 23.6.